The molecule has 9 heteroatoms. The van der Waals surface area contributed by atoms with E-state index in [0.717, 1.165) is 5.69 Å². The zero-order chi connectivity index (χ0) is 17.6. The molecule has 0 unspecified atom stereocenters. The fraction of sp³-hybridized carbons (Fsp3) is 0.250. The lowest BCUT2D eigenvalue weighted by Gasteiger charge is -2.19. The molecule has 6 nitrogen and oxygen atoms in total. The summed E-state index contributed by atoms with van der Waals surface area (Å²) in [6.45, 7) is 3.27. The Bertz CT molecular complexity index is 837. The molecular weight excluding hydrogens is 378 g/mol. The van der Waals surface area contributed by atoms with Crippen LogP contribution in [0.1, 0.15) is 11.8 Å². The first-order valence-corrected chi connectivity index (χ1v) is 9.89. The van der Waals surface area contributed by atoms with Gasteiger partial charge in [0, 0.05) is 16.4 Å². The Morgan fingerprint density at radius 1 is 1.36 bits per heavy atom. The number of nitrogens with zero attached hydrogens (tertiary/aromatic N) is 5. The molecule has 2 heterocycles. The van der Waals surface area contributed by atoms with E-state index in [1.807, 2.05) is 41.5 Å². The average Bonchev–Trinajstić information content (AvgIpc) is 3.29. The summed E-state index contributed by atoms with van der Waals surface area (Å²) in [6, 6.07) is 11.3. The molecule has 0 aliphatic rings. The summed E-state index contributed by atoms with van der Waals surface area (Å²) in [5.74, 6) is 0.335. The number of aromatic nitrogens is 4. The molecule has 0 fully saturated rings. The summed E-state index contributed by atoms with van der Waals surface area (Å²) in [7, 11) is 0. The number of tetrazole rings is 1. The summed E-state index contributed by atoms with van der Waals surface area (Å²) >= 11 is 8.99. The van der Waals surface area contributed by atoms with Crippen molar-refractivity contribution in [2.45, 2.75) is 18.6 Å². The second kappa shape index (κ2) is 8.46. The van der Waals surface area contributed by atoms with Gasteiger partial charge in [-0.15, -0.1) is 16.4 Å². The number of rotatable bonds is 7. The molecule has 0 N–H and O–H groups in total. The van der Waals surface area contributed by atoms with E-state index in [0.29, 0.717) is 23.3 Å². The Labute approximate surface area is 158 Å². The van der Waals surface area contributed by atoms with Crippen molar-refractivity contribution in [1.29, 1.82) is 0 Å². The minimum absolute atomic E-state index is 0.0570. The second-order valence-electron chi connectivity index (χ2n) is 5.13. The van der Waals surface area contributed by atoms with Crippen LogP contribution in [-0.2, 0) is 11.3 Å². The first-order valence-electron chi connectivity index (χ1n) is 7.64. The van der Waals surface area contributed by atoms with E-state index in [1.54, 1.807) is 28.2 Å². The van der Waals surface area contributed by atoms with Crippen molar-refractivity contribution in [2.75, 3.05) is 12.3 Å². The molecule has 0 aliphatic heterocycles. The van der Waals surface area contributed by atoms with E-state index in [9.17, 15) is 4.79 Å². The van der Waals surface area contributed by atoms with Gasteiger partial charge < -0.3 is 4.90 Å². The smallest absolute Gasteiger partial charge is 0.233 e. The number of carbonyl (C=O) groups is 1. The van der Waals surface area contributed by atoms with Crippen molar-refractivity contribution in [3.63, 3.8) is 0 Å². The van der Waals surface area contributed by atoms with Gasteiger partial charge in [-0.2, -0.15) is 4.68 Å². The van der Waals surface area contributed by atoms with E-state index in [2.05, 4.69) is 15.5 Å². The van der Waals surface area contributed by atoms with Gasteiger partial charge in [-0.25, -0.2) is 0 Å². The van der Waals surface area contributed by atoms with Gasteiger partial charge in [0.2, 0.25) is 11.1 Å². The van der Waals surface area contributed by atoms with Crippen LogP contribution >= 0.6 is 34.7 Å². The number of hydrogen-bond donors (Lipinski definition) is 0. The molecule has 1 amide bonds. The number of hydrogen-bond acceptors (Lipinski definition) is 6. The topological polar surface area (TPSA) is 63.9 Å². The number of benzene rings is 1. The Morgan fingerprint density at radius 3 is 2.96 bits per heavy atom. The quantitative estimate of drug-likeness (QED) is 0.574. The van der Waals surface area contributed by atoms with Crippen molar-refractivity contribution >= 4 is 40.6 Å². The molecule has 2 aromatic heterocycles. The fourth-order valence-electron chi connectivity index (χ4n) is 2.22. The van der Waals surface area contributed by atoms with Crippen molar-refractivity contribution in [2.24, 2.45) is 0 Å². The standard InChI is InChI=1S/C16H16ClN5OS2/c1-2-21(10-14-7-4-8-24-14)15(23)11-25-16-18-19-20-22(16)13-6-3-5-12(17)9-13/h3-9H,2,10-11H2,1H3. The van der Waals surface area contributed by atoms with Crippen LogP contribution in [0, 0.1) is 0 Å². The molecule has 0 aliphatic carbocycles. The molecule has 0 saturated carbocycles. The van der Waals surface area contributed by atoms with Crippen LogP contribution in [0.3, 0.4) is 0 Å². The van der Waals surface area contributed by atoms with Crippen molar-refractivity contribution in [3.05, 3.63) is 51.7 Å². The molecule has 130 valence electrons. The first kappa shape index (κ1) is 17.9. The Hall–Kier alpha value is -1.90. The van der Waals surface area contributed by atoms with Crippen LogP contribution in [0.25, 0.3) is 5.69 Å². The third kappa shape index (κ3) is 4.59. The van der Waals surface area contributed by atoms with Crippen LogP contribution in [0.2, 0.25) is 5.02 Å². The molecule has 3 aromatic rings. The van der Waals surface area contributed by atoms with Crippen molar-refractivity contribution in [3.8, 4) is 5.69 Å². The van der Waals surface area contributed by atoms with Gasteiger partial charge in [-0.3, -0.25) is 4.79 Å². The Morgan fingerprint density at radius 2 is 2.24 bits per heavy atom. The molecule has 0 spiro atoms. The summed E-state index contributed by atoms with van der Waals surface area (Å²) in [5.41, 5.74) is 0.762. The Balaban J connectivity index is 1.65. The first-order chi connectivity index (χ1) is 12.2. The van der Waals surface area contributed by atoms with Gasteiger partial charge in [-0.05, 0) is 47.0 Å². The van der Waals surface area contributed by atoms with E-state index in [4.69, 9.17) is 11.6 Å². The fourth-order valence-corrected chi connectivity index (χ4v) is 3.92. The van der Waals surface area contributed by atoms with E-state index < -0.39 is 0 Å². The highest BCUT2D eigenvalue weighted by Crippen LogP contribution is 2.21. The largest absolute Gasteiger partial charge is 0.337 e. The van der Waals surface area contributed by atoms with Crippen LogP contribution in [-0.4, -0.2) is 43.3 Å². The molecule has 0 saturated heterocycles. The summed E-state index contributed by atoms with van der Waals surface area (Å²) in [5, 5.41) is 14.9. The lowest BCUT2D eigenvalue weighted by Crippen LogP contribution is -2.31. The molecule has 25 heavy (non-hydrogen) atoms. The van der Waals surface area contributed by atoms with Crippen LogP contribution in [0.4, 0.5) is 0 Å². The van der Waals surface area contributed by atoms with E-state index in [-0.39, 0.29) is 11.7 Å². The maximum absolute atomic E-state index is 12.5. The van der Waals surface area contributed by atoms with E-state index in [1.165, 1.54) is 16.6 Å². The third-order valence-electron chi connectivity index (χ3n) is 3.48. The molecule has 3 rings (SSSR count). The van der Waals surface area contributed by atoms with Gasteiger partial charge in [0.15, 0.2) is 0 Å². The SMILES string of the molecule is CCN(Cc1cccs1)C(=O)CSc1nnnn1-c1cccc(Cl)c1. The number of amides is 1. The van der Waals surface area contributed by atoms with Crippen LogP contribution in [0.5, 0.6) is 0 Å². The molecule has 0 atom stereocenters. The molecule has 0 radical (unpaired) electrons. The number of thioether (sulfide) groups is 1. The zero-order valence-corrected chi connectivity index (χ0v) is 15.9. The predicted octanol–water partition coefficient (Wildman–Crippen LogP) is 3.52. The summed E-state index contributed by atoms with van der Waals surface area (Å²) in [6.07, 6.45) is 0. The molecular formula is C16H16ClN5OS2. The number of halogens is 1. The third-order valence-corrected chi connectivity index (χ3v) is 5.48. The van der Waals surface area contributed by atoms with Crippen LogP contribution < -0.4 is 0 Å². The average molecular weight is 394 g/mol. The monoisotopic (exact) mass is 393 g/mol. The highest BCUT2D eigenvalue weighted by molar-refractivity contribution is 7.99. The van der Waals surface area contributed by atoms with Crippen molar-refractivity contribution in [1.82, 2.24) is 25.1 Å². The van der Waals surface area contributed by atoms with Crippen molar-refractivity contribution < 1.29 is 4.79 Å². The minimum atomic E-state index is 0.0570. The van der Waals surface area contributed by atoms with Crippen LogP contribution in [0.15, 0.2) is 46.9 Å². The maximum Gasteiger partial charge on any atom is 0.233 e. The summed E-state index contributed by atoms with van der Waals surface area (Å²) in [4.78, 5) is 15.5. The highest BCUT2D eigenvalue weighted by atomic mass is 35.5. The maximum atomic E-state index is 12.5. The second-order valence-corrected chi connectivity index (χ2v) is 7.54. The molecule has 1 aromatic carbocycles. The highest BCUT2D eigenvalue weighted by Gasteiger charge is 2.16. The molecule has 0 bridgehead atoms. The van der Waals surface area contributed by atoms with Gasteiger partial charge in [0.05, 0.1) is 18.0 Å². The predicted molar refractivity (Wildman–Crippen MR) is 100 cm³/mol. The number of thiophene rings is 1. The van der Waals surface area contributed by atoms with Gasteiger partial charge in [0.25, 0.3) is 0 Å². The zero-order valence-electron chi connectivity index (χ0n) is 13.5. The lowest BCUT2D eigenvalue weighted by molar-refractivity contribution is -0.128. The minimum Gasteiger partial charge on any atom is -0.337 e. The number of carbonyl (C=O) groups excluding carboxylic acids is 1. The van der Waals surface area contributed by atoms with Gasteiger partial charge >= 0.3 is 0 Å². The van der Waals surface area contributed by atoms with Gasteiger partial charge in [0.1, 0.15) is 0 Å². The normalized spacial score (nSPS) is 10.8. The van der Waals surface area contributed by atoms with E-state index >= 15 is 0 Å². The van der Waals surface area contributed by atoms with Gasteiger partial charge in [-0.1, -0.05) is 35.5 Å². The Kier molecular flexibility index (Phi) is 6.06. The lowest BCUT2D eigenvalue weighted by atomic mass is 10.3. The summed E-state index contributed by atoms with van der Waals surface area (Å²) < 4.78 is 1.58.